The van der Waals surface area contributed by atoms with Crippen molar-refractivity contribution in [2.75, 3.05) is 5.32 Å². The van der Waals surface area contributed by atoms with Gasteiger partial charge in [-0.15, -0.1) is 0 Å². The smallest absolute Gasteiger partial charge is 0.243 e. The zero-order chi connectivity index (χ0) is 28.0. The van der Waals surface area contributed by atoms with Crippen LogP contribution in [-0.4, -0.2) is 23.6 Å². The second kappa shape index (κ2) is 12.9. The normalized spacial score (nSPS) is 14.2. The minimum Gasteiger partial charge on any atom is -0.326 e. The number of hydrogen-bond acceptors (Lipinski definition) is 4. The van der Waals surface area contributed by atoms with E-state index in [2.05, 4.69) is 26.2 Å². The van der Waals surface area contributed by atoms with Gasteiger partial charge in [0, 0.05) is 41.6 Å². The Labute approximate surface area is 244 Å². The minimum absolute atomic E-state index is 0.116. The van der Waals surface area contributed by atoms with Crippen LogP contribution in [0.4, 0.5) is 5.69 Å². The number of nitrogens with zero attached hydrogens (tertiary/aromatic N) is 2. The number of hydrogen-bond donors (Lipinski definition) is 1. The van der Waals surface area contributed by atoms with Crippen molar-refractivity contribution < 1.29 is 13.2 Å². The molecule has 0 bridgehead atoms. The first-order valence-corrected chi connectivity index (χ1v) is 15.8. The van der Waals surface area contributed by atoms with Crippen LogP contribution in [0.3, 0.4) is 0 Å². The number of sulfonamides is 1. The Kier molecular flexibility index (Phi) is 9.09. The maximum absolute atomic E-state index is 13.6. The van der Waals surface area contributed by atoms with Crippen molar-refractivity contribution in [2.24, 2.45) is 5.92 Å². The van der Waals surface area contributed by atoms with Crippen molar-refractivity contribution >= 4 is 37.5 Å². The summed E-state index contributed by atoms with van der Waals surface area (Å²) < 4.78 is 29.5. The second-order valence-corrected chi connectivity index (χ2v) is 13.0. The van der Waals surface area contributed by atoms with Crippen molar-refractivity contribution in [1.29, 1.82) is 0 Å². The zero-order valence-corrected chi connectivity index (χ0v) is 24.6. The van der Waals surface area contributed by atoms with Gasteiger partial charge >= 0.3 is 0 Å². The Balaban J connectivity index is 1.30. The number of amides is 1. The molecule has 40 heavy (non-hydrogen) atoms. The molecule has 206 valence electrons. The summed E-state index contributed by atoms with van der Waals surface area (Å²) in [4.78, 5) is 17.0. The quantitative estimate of drug-likeness (QED) is 0.212. The van der Waals surface area contributed by atoms with Crippen molar-refractivity contribution in [3.63, 3.8) is 0 Å². The van der Waals surface area contributed by atoms with Gasteiger partial charge in [0.25, 0.3) is 0 Å². The SMILES string of the molecule is O=C(Nc1ccc(-c2ccc(CN(Cc3cccnc3)S(=O)(=O)c3ccc(Br)cc3)cc2)cc1)C1CCCCC1. The summed E-state index contributed by atoms with van der Waals surface area (Å²) in [6.45, 7) is 0.432. The Hall–Kier alpha value is -3.33. The number of carbonyl (C=O) groups excluding carboxylic acids is 1. The molecule has 0 radical (unpaired) electrons. The number of benzene rings is 3. The summed E-state index contributed by atoms with van der Waals surface area (Å²) in [6, 6.07) is 26.2. The van der Waals surface area contributed by atoms with E-state index in [1.165, 1.54) is 10.7 Å². The first kappa shape index (κ1) is 28.2. The fourth-order valence-electron chi connectivity index (χ4n) is 5.04. The molecule has 5 rings (SSSR count). The van der Waals surface area contributed by atoms with Gasteiger partial charge in [-0.1, -0.05) is 77.7 Å². The Bertz CT molecular complexity index is 1520. The number of anilines is 1. The highest BCUT2D eigenvalue weighted by molar-refractivity contribution is 9.10. The predicted molar refractivity (Wildman–Crippen MR) is 162 cm³/mol. The number of nitrogens with one attached hydrogen (secondary N) is 1. The molecule has 1 amide bonds. The van der Waals surface area contributed by atoms with Crippen LogP contribution in [0.2, 0.25) is 0 Å². The van der Waals surface area contributed by atoms with Gasteiger partial charge in [0.2, 0.25) is 15.9 Å². The van der Waals surface area contributed by atoms with Crippen LogP contribution in [0.1, 0.15) is 43.2 Å². The van der Waals surface area contributed by atoms with Gasteiger partial charge in [-0.25, -0.2) is 8.42 Å². The standard InChI is InChI=1S/C32H32BrN3O3S/c33-29-14-18-31(19-15-29)40(38,39)36(23-25-5-4-20-34-21-25)22-24-8-10-26(11-9-24)27-12-16-30(17-13-27)35-32(37)28-6-2-1-3-7-28/h4-5,8-21,28H,1-3,6-7,22-23H2,(H,35,37). The maximum Gasteiger partial charge on any atom is 0.243 e. The molecule has 1 N–H and O–H groups in total. The van der Waals surface area contributed by atoms with Gasteiger partial charge in [-0.2, -0.15) is 4.31 Å². The number of carbonyl (C=O) groups is 1. The summed E-state index contributed by atoms with van der Waals surface area (Å²) in [5.41, 5.74) is 4.54. The van der Waals surface area contributed by atoms with Crippen LogP contribution >= 0.6 is 15.9 Å². The topological polar surface area (TPSA) is 79.4 Å². The minimum atomic E-state index is -3.75. The molecule has 0 aliphatic heterocycles. The van der Waals surface area contributed by atoms with E-state index in [1.807, 2.05) is 54.6 Å². The molecule has 0 saturated heterocycles. The molecule has 0 atom stereocenters. The van der Waals surface area contributed by atoms with Gasteiger partial charge in [-0.05, 0) is 77.6 Å². The number of rotatable bonds is 9. The van der Waals surface area contributed by atoms with E-state index in [0.29, 0.717) is 0 Å². The van der Waals surface area contributed by atoms with Crippen molar-refractivity contribution in [3.05, 3.63) is 113 Å². The van der Waals surface area contributed by atoms with E-state index >= 15 is 0 Å². The van der Waals surface area contributed by atoms with Crippen LogP contribution in [-0.2, 0) is 27.9 Å². The highest BCUT2D eigenvalue weighted by Crippen LogP contribution is 2.27. The number of aromatic nitrogens is 1. The summed E-state index contributed by atoms with van der Waals surface area (Å²) in [5.74, 6) is 0.233. The first-order chi connectivity index (χ1) is 19.4. The molecule has 1 aromatic heterocycles. The lowest BCUT2D eigenvalue weighted by molar-refractivity contribution is -0.120. The molecular weight excluding hydrogens is 586 g/mol. The lowest BCUT2D eigenvalue weighted by atomic mass is 9.88. The van der Waals surface area contributed by atoms with Crippen molar-refractivity contribution in [1.82, 2.24) is 9.29 Å². The van der Waals surface area contributed by atoms with E-state index in [0.717, 1.165) is 58.1 Å². The largest absolute Gasteiger partial charge is 0.326 e. The van der Waals surface area contributed by atoms with E-state index in [1.54, 1.807) is 42.7 Å². The Morgan fingerprint density at radius 2 is 1.45 bits per heavy atom. The Morgan fingerprint density at radius 3 is 2.08 bits per heavy atom. The number of pyridine rings is 1. The van der Waals surface area contributed by atoms with Crippen LogP contribution in [0, 0.1) is 5.92 Å². The molecule has 8 heteroatoms. The summed E-state index contributed by atoms with van der Waals surface area (Å²) >= 11 is 3.38. The molecule has 3 aromatic carbocycles. The first-order valence-electron chi connectivity index (χ1n) is 13.5. The van der Waals surface area contributed by atoms with Crippen LogP contribution < -0.4 is 5.32 Å². The van der Waals surface area contributed by atoms with Gasteiger partial charge in [0.15, 0.2) is 0 Å². The van der Waals surface area contributed by atoms with Crippen molar-refractivity contribution in [2.45, 2.75) is 50.1 Å². The third-order valence-electron chi connectivity index (χ3n) is 7.31. The molecular formula is C32H32BrN3O3S. The van der Waals surface area contributed by atoms with Crippen LogP contribution in [0.5, 0.6) is 0 Å². The molecule has 1 saturated carbocycles. The van der Waals surface area contributed by atoms with E-state index < -0.39 is 10.0 Å². The fourth-order valence-corrected chi connectivity index (χ4v) is 6.72. The highest BCUT2D eigenvalue weighted by Gasteiger charge is 2.25. The van der Waals surface area contributed by atoms with Gasteiger partial charge in [0.1, 0.15) is 0 Å². The third-order valence-corrected chi connectivity index (χ3v) is 9.64. The highest BCUT2D eigenvalue weighted by atomic mass is 79.9. The zero-order valence-electron chi connectivity index (χ0n) is 22.2. The lowest BCUT2D eigenvalue weighted by Crippen LogP contribution is -2.30. The van der Waals surface area contributed by atoms with Crippen LogP contribution in [0.25, 0.3) is 11.1 Å². The monoisotopic (exact) mass is 617 g/mol. The van der Waals surface area contributed by atoms with E-state index in [4.69, 9.17) is 0 Å². The molecule has 1 fully saturated rings. The average Bonchev–Trinajstić information content (AvgIpc) is 2.99. The molecule has 1 aliphatic rings. The predicted octanol–water partition coefficient (Wildman–Crippen LogP) is 7.42. The molecule has 1 heterocycles. The second-order valence-electron chi connectivity index (χ2n) is 10.2. The molecule has 6 nitrogen and oxygen atoms in total. The van der Waals surface area contributed by atoms with Crippen molar-refractivity contribution in [3.8, 4) is 11.1 Å². The van der Waals surface area contributed by atoms with Gasteiger partial charge in [-0.3, -0.25) is 9.78 Å². The molecule has 4 aromatic rings. The number of halogens is 1. The maximum atomic E-state index is 13.6. The third kappa shape index (κ3) is 7.05. The summed E-state index contributed by atoms with van der Waals surface area (Å²) in [7, 11) is -3.75. The average molecular weight is 619 g/mol. The van der Waals surface area contributed by atoms with E-state index in [-0.39, 0.29) is 29.8 Å². The lowest BCUT2D eigenvalue weighted by Gasteiger charge is -2.23. The van der Waals surface area contributed by atoms with Crippen LogP contribution in [0.15, 0.2) is 107 Å². The molecule has 0 unspecified atom stereocenters. The van der Waals surface area contributed by atoms with Gasteiger partial charge in [0.05, 0.1) is 4.90 Å². The summed E-state index contributed by atoms with van der Waals surface area (Å²) in [6.07, 6.45) is 8.79. The molecule has 0 spiro atoms. The Morgan fingerprint density at radius 1 is 0.825 bits per heavy atom. The van der Waals surface area contributed by atoms with Gasteiger partial charge < -0.3 is 5.32 Å². The summed E-state index contributed by atoms with van der Waals surface area (Å²) in [5, 5.41) is 3.06. The van der Waals surface area contributed by atoms with E-state index in [9.17, 15) is 13.2 Å². The fraction of sp³-hybridized carbons (Fsp3) is 0.250. The molecule has 1 aliphatic carbocycles.